The SMILES string of the molecule is CC(C)C(C)N(C)Cc1noc(CN)n1.Cl. The molecule has 1 unspecified atom stereocenters. The van der Waals surface area contributed by atoms with Crippen molar-refractivity contribution >= 4 is 12.4 Å². The highest BCUT2D eigenvalue weighted by Crippen LogP contribution is 2.10. The van der Waals surface area contributed by atoms with Crippen LogP contribution in [0.25, 0.3) is 0 Å². The molecular formula is C10H21ClN4O. The van der Waals surface area contributed by atoms with Crippen LogP contribution >= 0.6 is 12.4 Å². The maximum Gasteiger partial charge on any atom is 0.240 e. The summed E-state index contributed by atoms with van der Waals surface area (Å²) in [7, 11) is 2.06. The van der Waals surface area contributed by atoms with Gasteiger partial charge in [0.1, 0.15) is 0 Å². The summed E-state index contributed by atoms with van der Waals surface area (Å²) in [6.45, 7) is 7.58. The molecule has 0 fully saturated rings. The third kappa shape index (κ3) is 4.08. The fraction of sp³-hybridized carbons (Fsp3) is 0.800. The van der Waals surface area contributed by atoms with Crippen molar-refractivity contribution in [1.29, 1.82) is 0 Å². The molecule has 5 nitrogen and oxygen atoms in total. The number of halogens is 1. The number of hydrogen-bond acceptors (Lipinski definition) is 5. The fourth-order valence-corrected chi connectivity index (χ4v) is 1.31. The topological polar surface area (TPSA) is 68.2 Å². The van der Waals surface area contributed by atoms with E-state index in [2.05, 4.69) is 42.9 Å². The van der Waals surface area contributed by atoms with Gasteiger partial charge in [-0.25, -0.2) is 0 Å². The Kier molecular flexibility index (Phi) is 6.55. The van der Waals surface area contributed by atoms with E-state index in [4.69, 9.17) is 10.3 Å². The summed E-state index contributed by atoms with van der Waals surface area (Å²) in [6, 6.07) is 0.491. The van der Waals surface area contributed by atoms with Crippen molar-refractivity contribution in [3.63, 3.8) is 0 Å². The fourth-order valence-electron chi connectivity index (χ4n) is 1.31. The van der Waals surface area contributed by atoms with Gasteiger partial charge in [-0.3, -0.25) is 4.90 Å². The maximum atomic E-state index is 5.39. The Hall–Kier alpha value is -0.650. The van der Waals surface area contributed by atoms with Gasteiger partial charge < -0.3 is 10.3 Å². The van der Waals surface area contributed by atoms with Crippen molar-refractivity contribution in [3.8, 4) is 0 Å². The van der Waals surface area contributed by atoms with Crippen molar-refractivity contribution in [1.82, 2.24) is 15.0 Å². The second-order valence-electron chi connectivity index (χ2n) is 4.21. The maximum absolute atomic E-state index is 5.39. The molecular weight excluding hydrogens is 228 g/mol. The second kappa shape index (κ2) is 6.83. The van der Waals surface area contributed by atoms with Gasteiger partial charge in [-0.05, 0) is 19.9 Å². The highest BCUT2D eigenvalue weighted by atomic mass is 35.5. The average Bonchev–Trinajstić information content (AvgIpc) is 2.64. The summed E-state index contributed by atoms with van der Waals surface area (Å²) < 4.78 is 4.94. The Morgan fingerprint density at radius 1 is 1.38 bits per heavy atom. The standard InChI is InChI=1S/C10H20N4O.ClH/c1-7(2)8(3)14(4)6-9-12-10(5-11)15-13-9;/h7-8H,5-6,11H2,1-4H3;1H. The van der Waals surface area contributed by atoms with Crippen molar-refractivity contribution in [2.24, 2.45) is 11.7 Å². The number of hydrogen-bond donors (Lipinski definition) is 1. The van der Waals surface area contributed by atoms with Crippen LogP contribution in [0.5, 0.6) is 0 Å². The first-order valence-corrected chi connectivity index (χ1v) is 5.26. The first-order chi connectivity index (χ1) is 7.04. The lowest BCUT2D eigenvalue weighted by Gasteiger charge is -2.26. The third-order valence-corrected chi connectivity index (χ3v) is 2.74. The first kappa shape index (κ1) is 15.3. The van der Waals surface area contributed by atoms with E-state index in [-0.39, 0.29) is 12.4 Å². The van der Waals surface area contributed by atoms with Gasteiger partial charge in [0.05, 0.1) is 13.1 Å². The van der Waals surface area contributed by atoms with Crippen LogP contribution in [0.4, 0.5) is 0 Å². The summed E-state index contributed by atoms with van der Waals surface area (Å²) in [5, 5.41) is 3.86. The molecule has 1 heterocycles. The Balaban J connectivity index is 0.00000225. The molecule has 0 saturated carbocycles. The van der Waals surface area contributed by atoms with Crippen LogP contribution in [0.1, 0.15) is 32.5 Å². The zero-order chi connectivity index (χ0) is 11.4. The molecule has 0 aliphatic rings. The van der Waals surface area contributed by atoms with Crippen LogP contribution in [0, 0.1) is 5.92 Å². The number of nitrogens with zero attached hydrogens (tertiary/aromatic N) is 3. The quantitative estimate of drug-likeness (QED) is 0.854. The van der Waals surface area contributed by atoms with Gasteiger partial charge in [0.25, 0.3) is 0 Å². The molecule has 1 rings (SSSR count). The van der Waals surface area contributed by atoms with Gasteiger partial charge in [0.2, 0.25) is 5.89 Å². The first-order valence-electron chi connectivity index (χ1n) is 5.26. The molecule has 0 aromatic carbocycles. The van der Waals surface area contributed by atoms with E-state index >= 15 is 0 Å². The Morgan fingerprint density at radius 3 is 2.44 bits per heavy atom. The van der Waals surface area contributed by atoms with Gasteiger partial charge >= 0.3 is 0 Å². The molecule has 0 aliphatic carbocycles. The predicted molar refractivity (Wildman–Crippen MR) is 65.2 cm³/mol. The lowest BCUT2D eigenvalue weighted by atomic mass is 10.1. The smallest absolute Gasteiger partial charge is 0.240 e. The van der Waals surface area contributed by atoms with Crippen molar-refractivity contribution in [2.45, 2.75) is 39.9 Å². The summed E-state index contributed by atoms with van der Waals surface area (Å²) in [5.41, 5.74) is 5.39. The van der Waals surface area contributed by atoms with Crippen LogP contribution in [0.15, 0.2) is 4.52 Å². The zero-order valence-electron chi connectivity index (χ0n) is 10.3. The van der Waals surface area contributed by atoms with Gasteiger partial charge in [0.15, 0.2) is 5.82 Å². The van der Waals surface area contributed by atoms with Crippen LogP contribution in [-0.4, -0.2) is 28.1 Å². The van der Waals surface area contributed by atoms with Crippen LogP contribution in [0.3, 0.4) is 0 Å². The Morgan fingerprint density at radius 2 is 2.00 bits per heavy atom. The van der Waals surface area contributed by atoms with Crippen molar-refractivity contribution < 1.29 is 4.52 Å². The van der Waals surface area contributed by atoms with E-state index in [1.54, 1.807) is 0 Å². The molecule has 0 bridgehead atoms. The van der Waals surface area contributed by atoms with E-state index in [0.717, 1.165) is 0 Å². The predicted octanol–water partition coefficient (Wildman–Crippen LogP) is 1.43. The third-order valence-electron chi connectivity index (χ3n) is 2.74. The lowest BCUT2D eigenvalue weighted by molar-refractivity contribution is 0.194. The van der Waals surface area contributed by atoms with Crippen LogP contribution in [0.2, 0.25) is 0 Å². The van der Waals surface area contributed by atoms with E-state index in [1.807, 2.05) is 0 Å². The molecule has 6 heteroatoms. The molecule has 0 spiro atoms. The minimum absolute atomic E-state index is 0. The van der Waals surface area contributed by atoms with Crippen LogP contribution < -0.4 is 5.73 Å². The largest absolute Gasteiger partial charge is 0.338 e. The monoisotopic (exact) mass is 248 g/mol. The van der Waals surface area contributed by atoms with Gasteiger partial charge in [-0.2, -0.15) is 4.98 Å². The van der Waals surface area contributed by atoms with Gasteiger partial charge in [-0.1, -0.05) is 19.0 Å². The Bertz CT molecular complexity index is 303. The summed E-state index contributed by atoms with van der Waals surface area (Å²) in [6.07, 6.45) is 0. The molecule has 1 aromatic heterocycles. The molecule has 1 aromatic rings. The van der Waals surface area contributed by atoms with Gasteiger partial charge in [0, 0.05) is 6.04 Å². The lowest BCUT2D eigenvalue weighted by Crippen LogP contribution is -2.33. The second-order valence-corrected chi connectivity index (χ2v) is 4.21. The molecule has 94 valence electrons. The molecule has 1 atom stereocenters. The normalized spacial score (nSPS) is 12.9. The number of rotatable bonds is 5. The average molecular weight is 249 g/mol. The molecule has 0 saturated heterocycles. The van der Waals surface area contributed by atoms with Gasteiger partial charge in [-0.15, -0.1) is 12.4 Å². The van der Waals surface area contributed by atoms with Crippen LogP contribution in [-0.2, 0) is 13.1 Å². The molecule has 16 heavy (non-hydrogen) atoms. The molecule has 0 aliphatic heterocycles. The Labute approximate surface area is 103 Å². The number of aromatic nitrogens is 2. The highest BCUT2D eigenvalue weighted by molar-refractivity contribution is 5.85. The zero-order valence-corrected chi connectivity index (χ0v) is 11.1. The van der Waals surface area contributed by atoms with E-state index in [9.17, 15) is 0 Å². The minimum Gasteiger partial charge on any atom is -0.338 e. The van der Waals surface area contributed by atoms with E-state index in [0.29, 0.717) is 36.8 Å². The highest BCUT2D eigenvalue weighted by Gasteiger charge is 2.15. The van der Waals surface area contributed by atoms with Crippen molar-refractivity contribution in [2.75, 3.05) is 7.05 Å². The molecule has 0 amide bonds. The minimum atomic E-state index is 0. The van der Waals surface area contributed by atoms with E-state index < -0.39 is 0 Å². The number of nitrogens with two attached hydrogens (primary N) is 1. The van der Waals surface area contributed by atoms with Crippen molar-refractivity contribution in [3.05, 3.63) is 11.7 Å². The molecule has 2 N–H and O–H groups in total. The molecule has 0 radical (unpaired) electrons. The van der Waals surface area contributed by atoms with E-state index in [1.165, 1.54) is 0 Å². The summed E-state index contributed by atoms with van der Waals surface area (Å²) in [4.78, 5) is 6.37. The summed E-state index contributed by atoms with van der Waals surface area (Å²) in [5.74, 6) is 1.80. The summed E-state index contributed by atoms with van der Waals surface area (Å²) >= 11 is 0.